The number of piperidine rings is 1. The number of nitrogens with two attached hydrogens (primary N) is 1. The molecule has 0 saturated carbocycles. The molecular weight excluding hydrogens is 357 g/mol. The molecule has 1 aliphatic rings. The van der Waals surface area contributed by atoms with Crippen LogP contribution in [0.25, 0.3) is 0 Å². The van der Waals surface area contributed by atoms with Gasteiger partial charge in [-0.1, -0.05) is 27.7 Å². The van der Waals surface area contributed by atoms with E-state index in [-0.39, 0.29) is 42.2 Å². The van der Waals surface area contributed by atoms with E-state index in [1.54, 1.807) is 0 Å². The highest BCUT2D eigenvalue weighted by molar-refractivity contribution is 5.94. The number of nitrogens with zero attached hydrogens (tertiary/aromatic N) is 2. The first-order valence-corrected chi connectivity index (χ1v) is 8.57. The molecule has 2 N–H and O–H groups in total. The Morgan fingerprint density at radius 3 is 2.32 bits per heavy atom. The van der Waals surface area contributed by atoms with Crippen molar-refractivity contribution in [3.8, 4) is 0 Å². The normalized spacial score (nSPS) is 19.0. The summed E-state index contributed by atoms with van der Waals surface area (Å²) in [4.78, 5) is 16.9. The van der Waals surface area contributed by atoms with Crippen molar-refractivity contribution in [2.45, 2.75) is 40.2 Å². The molecule has 1 aliphatic heterocycles. The fourth-order valence-electron chi connectivity index (χ4n) is 3.24. The standard InChI is InChI=1S/C19H31N3O.2ClH/c1-14(2)12-21(5)16-8-6-15(7-9-16)18(23)22-11-10-17(20)19(3,4)13-22;;/h6-9,14,17H,10-13,20H2,1-5H3;2*1H. The lowest BCUT2D eigenvalue weighted by atomic mass is 9.79. The summed E-state index contributed by atoms with van der Waals surface area (Å²) in [6.45, 7) is 11.2. The molecule has 6 heteroatoms. The summed E-state index contributed by atoms with van der Waals surface area (Å²) in [5, 5.41) is 0. The predicted octanol–water partition coefficient (Wildman–Crippen LogP) is 3.82. The molecule has 0 aliphatic carbocycles. The maximum Gasteiger partial charge on any atom is 0.253 e. The van der Waals surface area contributed by atoms with E-state index in [9.17, 15) is 4.79 Å². The third-order valence-corrected chi connectivity index (χ3v) is 4.79. The highest BCUT2D eigenvalue weighted by Crippen LogP contribution is 2.28. The van der Waals surface area contributed by atoms with Gasteiger partial charge < -0.3 is 15.5 Å². The molecule has 1 atom stereocenters. The first kappa shape index (κ1) is 24.0. The van der Waals surface area contributed by atoms with Gasteiger partial charge in [0.05, 0.1) is 0 Å². The van der Waals surface area contributed by atoms with Crippen LogP contribution in [0.2, 0.25) is 0 Å². The van der Waals surface area contributed by atoms with Crippen molar-refractivity contribution in [3.05, 3.63) is 29.8 Å². The first-order valence-electron chi connectivity index (χ1n) is 8.57. The smallest absolute Gasteiger partial charge is 0.253 e. The number of hydrogen-bond acceptors (Lipinski definition) is 3. The Balaban J connectivity index is 0.00000288. The van der Waals surface area contributed by atoms with Gasteiger partial charge in [-0.3, -0.25) is 4.79 Å². The molecule has 4 nitrogen and oxygen atoms in total. The summed E-state index contributed by atoms with van der Waals surface area (Å²) >= 11 is 0. The van der Waals surface area contributed by atoms with Crippen molar-refractivity contribution in [1.29, 1.82) is 0 Å². The molecule has 1 heterocycles. The fourth-order valence-corrected chi connectivity index (χ4v) is 3.24. The summed E-state index contributed by atoms with van der Waals surface area (Å²) in [6.07, 6.45) is 0.869. The van der Waals surface area contributed by atoms with Gasteiger partial charge in [0.15, 0.2) is 0 Å². The minimum atomic E-state index is -0.0225. The minimum absolute atomic E-state index is 0. The second-order valence-electron chi connectivity index (χ2n) is 7.93. The number of benzene rings is 1. The fraction of sp³-hybridized carbons (Fsp3) is 0.632. The van der Waals surface area contributed by atoms with Crippen molar-refractivity contribution in [1.82, 2.24) is 4.90 Å². The van der Waals surface area contributed by atoms with Crippen LogP contribution in [0, 0.1) is 11.3 Å². The van der Waals surface area contributed by atoms with Gasteiger partial charge >= 0.3 is 0 Å². The Morgan fingerprint density at radius 1 is 1.28 bits per heavy atom. The Labute approximate surface area is 164 Å². The molecule has 0 bridgehead atoms. The van der Waals surface area contributed by atoms with E-state index in [0.717, 1.165) is 37.3 Å². The molecule has 1 amide bonds. The SMILES string of the molecule is CC(C)CN(C)c1ccc(C(=O)N2CCC(N)C(C)(C)C2)cc1.Cl.Cl. The zero-order valence-electron chi connectivity index (χ0n) is 16.0. The summed E-state index contributed by atoms with van der Waals surface area (Å²) in [6, 6.07) is 8.12. The number of anilines is 1. The van der Waals surface area contributed by atoms with Crippen LogP contribution in [-0.4, -0.2) is 43.5 Å². The van der Waals surface area contributed by atoms with Crippen LogP contribution < -0.4 is 10.6 Å². The largest absolute Gasteiger partial charge is 0.374 e. The average molecular weight is 390 g/mol. The molecule has 0 spiro atoms. The van der Waals surface area contributed by atoms with Crippen LogP contribution in [0.15, 0.2) is 24.3 Å². The Hall–Kier alpha value is -0.970. The van der Waals surface area contributed by atoms with Gasteiger partial charge in [-0.2, -0.15) is 0 Å². The second kappa shape index (κ2) is 9.65. The third-order valence-electron chi connectivity index (χ3n) is 4.79. The van der Waals surface area contributed by atoms with E-state index >= 15 is 0 Å². The number of rotatable bonds is 4. The van der Waals surface area contributed by atoms with Crippen molar-refractivity contribution < 1.29 is 4.79 Å². The number of likely N-dealkylation sites (tertiary alicyclic amines) is 1. The lowest BCUT2D eigenvalue weighted by Gasteiger charge is -2.42. The van der Waals surface area contributed by atoms with Gasteiger partial charge in [0.2, 0.25) is 0 Å². The predicted molar refractivity (Wildman–Crippen MR) is 111 cm³/mol. The van der Waals surface area contributed by atoms with E-state index in [0.29, 0.717) is 5.92 Å². The van der Waals surface area contributed by atoms with Gasteiger partial charge in [0.25, 0.3) is 5.91 Å². The van der Waals surface area contributed by atoms with Crippen molar-refractivity contribution in [2.24, 2.45) is 17.1 Å². The van der Waals surface area contributed by atoms with Crippen molar-refractivity contribution in [2.75, 3.05) is 31.6 Å². The highest BCUT2D eigenvalue weighted by Gasteiger charge is 2.35. The molecule has 2 rings (SSSR count). The quantitative estimate of drug-likeness (QED) is 0.850. The van der Waals surface area contributed by atoms with Crippen LogP contribution in [0.5, 0.6) is 0 Å². The number of carbonyl (C=O) groups excluding carboxylic acids is 1. The molecule has 1 aromatic carbocycles. The Morgan fingerprint density at radius 2 is 1.84 bits per heavy atom. The van der Waals surface area contributed by atoms with Crippen molar-refractivity contribution >= 4 is 36.4 Å². The lowest BCUT2D eigenvalue weighted by molar-refractivity contribution is 0.0533. The van der Waals surface area contributed by atoms with Crippen LogP contribution in [-0.2, 0) is 0 Å². The molecule has 1 aromatic rings. The molecular formula is C19H33Cl2N3O. The highest BCUT2D eigenvalue weighted by atomic mass is 35.5. The maximum atomic E-state index is 12.7. The molecule has 1 unspecified atom stereocenters. The number of hydrogen-bond donors (Lipinski definition) is 1. The first-order chi connectivity index (χ1) is 10.7. The van der Waals surface area contributed by atoms with Crippen LogP contribution in [0.4, 0.5) is 5.69 Å². The maximum absolute atomic E-state index is 12.7. The Kier molecular flexibility index (Phi) is 9.28. The molecule has 144 valence electrons. The monoisotopic (exact) mass is 389 g/mol. The van der Waals surface area contributed by atoms with Gasteiger partial charge in [-0.25, -0.2) is 0 Å². The van der Waals surface area contributed by atoms with E-state index in [2.05, 4.69) is 39.6 Å². The van der Waals surface area contributed by atoms with E-state index < -0.39 is 0 Å². The molecule has 1 fully saturated rings. The average Bonchev–Trinajstić information content (AvgIpc) is 2.48. The van der Waals surface area contributed by atoms with Gasteiger partial charge in [-0.05, 0) is 42.0 Å². The zero-order chi connectivity index (χ0) is 17.2. The summed E-state index contributed by atoms with van der Waals surface area (Å²) in [7, 11) is 2.09. The minimum Gasteiger partial charge on any atom is -0.374 e. The molecule has 0 aromatic heterocycles. The number of carbonyl (C=O) groups is 1. The summed E-state index contributed by atoms with van der Waals surface area (Å²) < 4.78 is 0. The molecule has 1 saturated heterocycles. The summed E-state index contributed by atoms with van der Waals surface area (Å²) in [5.74, 6) is 0.726. The number of amides is 1. The van der Waals surface area contributed by atoms with Gasteiger partial charge in [0.1, 0.15) is 0 Å². The topological polar surface area (TPSA) is 49.6 Å². The van der Waals surface area contributed by atoms with Crippen LogP contribution in [0.3, 0.4) is 0 Å². The van der Waals surface area contributed by atoms with Gasteiger partial charge in [0, 0.05) is 44.0 Å². The molecule has 25 heavy (non-hydrogen) atoms. The molecule has 0 radical (unpaired) electrons. The van der Waals surface area contributed by atoms with E-state index in [1.807, 2.05) is 29.2 Å². The second-order valence-corrected chi connectivity index (χ2v) is 7.93. The third kappa shape index (κ3) is 6.05. The van der Waals surface area contributed by atoms with Crippen molar-refractivity contribution in [3.63, 3.8) is 0 Å². The van der Waals surface area contributed by atoms with Crippen LogP contribution in [0.1, 0.15) is 44.5 Å². The number of halogens is 2. The van der Waals surface area contributed by atoms with Crippen LogP contribution >= 0.6 is 24.8 Å². The summed E-state index contributed by atoms with van der Waals surface area (Å²) in [5.41, 5.74) is 8.05. The lowest BCUT2D eigenvalue weighted by Crippen LogP contribution is -2.53. The van der Waals surface area contributed by atoms with E-state index in [1.165, 1.54) is 0 Å². The van der Waals surface area contributed by atoms with Gasteiger partial charge in [-0.15, -0.1) is 24.8 Å². The zero-order valence-corrected chi connectivity index (χ0v) is 17.6. The van der Waals surface area contributed by atoms with E-state index in [4.69, 9.17) is 5.73 Å². The Bertz CT molecular complexity index is 546.